The lowest BCUT2D eigenvalue weighted by Gasteiger charge is -2.20. The molecule has 2 aromatic rings. The molecule has 2 aliphatic rings. The third kappa shape index (κ3) is 4.15. The Hall–Kier alpha value is -2.19. The van der Waals surface area contributed by atoms with Gasteiger partial charge in [-0.05, 0) is 94.3 Å². The Labute approximate surface area is 184 Å². The summed E-state index contributed by atoms with van der Waals surface area (Å²) in [5.41, 5.74) is 7.09. The van der Waals surface area contributed by atoms with E-state index >= 15 is 0 Å². The average molecular weight is 445 g/mol. The molecule has 0 bridgehead atoms. The number of nitrogens with zero attached hydrogens (tertiary/aromatic N) is 3. The minimum atomic E-state index is -4.03. The van der Waals surface area contributed by atoms with Crippen LogP contribution in [0.4, 0.5) is 0 Å². The average Bonchev–Trinajstić information content (AvgIpc) is 3.45. The van der Waals surface area contributed by atoms with Crippen molar-refractivity contribution in [1.29, 1.82) is 0 Å². The lowest BCUT2D eigenvalue weighted by molar-refractivity contribution is -0.118. The predicted molar refractivity (Wildman–Crippen MR) is 120 cm³/mol. The molecule has 2 aliphatic carbocycles. The number of carbonyl (C=O) groups excluding carboxylic acids is 1. The van der Waals surface area contributed by atoms with Crippen molar-refractivity contribution in [2.75, 3.05) is 14.1 Å². The Morgan fingerprint density at radius 1 is 1.13 bits per heavy atom. The minimum absolute atomic E-state index is 0.00148. The summed E-state index contributed by atoms with van der Waals surface area (Å²) in [6, 6.07) is 3.89. The summed E-state index contributed by atoms with van der Waals surface area (Å²) in [5, 5.41) is 4.17. The first-order chi connectivity index (χ1) is 14.7. The van der Waals surface area contributed by atoms with E-state index in [0.29, 0.717) is 6.54 Å². The molecule has 7 nitrogen and oxygen atoms in total. The van der Waals surface area contributed by atoms with E-state index in [-0.39, 0.29) is 17.5 Å². The van der Waals surface area contributed by atoms with Crippen LogP contribution in [0.15, 0.2) is 17.2 Å². The second kappa shape index (κ2) is 8.39. The molecule has 0 aliphatic heterocycles. The topological polar surface area (TPSA) is 84.3 Å². The molecule has 1 unspecified atom stereocenters. The van der Waals surface area contributed by atoms with Gasteiger partial charge in [0, 0.05) is 18.7 Å². The van der Waals surface area contributed by atoms with Gasteiger partial charge in [0.2, 0.25) is 5.91 Å². The zero-order chi connectivity index (χ0) is 22.3. The first-order valence-corrected chi connectivity index (χ1v) is 12.6. The fourth-order valence-corrected chi connectivity index (χ4v) is 5.90. The normalized spacial score (nSPS) is 16.4. The molecular weight excluding hydrogens is 412 g/mol. The molecular formula is C23H32N4O3S. The Kier molecular flexibility index (Phi) is 5.96. The first-order valence-electron chi connectivity index (χ1n) is 11.2. The van der Waals surface area contributed by atoms with Gasteiger partial charge in [0.25, 0.3) is 10.0 Å². The van der Waals surface area contributed by atoms with Gasteiger partial charge in [0.15, 0.2) is 5.03 Å². The molecule has 1 heterocycles. The van der Waals surface area contributed by atoms with Crippen molar-refractivity contribution < 1.29 is 13.2 Å². The van der Waals surface area contributed by atoms with Crippen molar-refractivity contribution in [3.8, 4) is 0 Å². The smallest absolute Gasteiger partial charge is 0.283 e. The van der Waals surface area contributed by atoms with Gasteiger partial charge in [-0.1, -0.05) is 6.07 Å². The highest BCUT2D eigenvalue weighted by atomic mass is 32.2. The number of amides is 1. The summed E-state index contributed by atoms with van der Waals surface area (Å²) in [6.45, 7) is 4.47. The molecule has 0 spiro atoms. The largest absolute Gasteiger partial charge is 0.301 e. The van der Waals surface area contributed by atoms with Gasteiger partial charge >= 0.3 is 0 Å². The molecule has 1 N–H and O–H groups in total. The molecule has 168 valence electrons. The number of hydrogen-bond acceptors (Lipinski definition) is 5. The number of fused-ring (bicyclic) bond motifs is 2. The van der Waals surface area contributed by atoms with Crippen LogP contribution in [-0.2, 0) is 53.5 Å². The van der Waals surface area contributed by atoms with Crippen molar-refractivity contribution in [2.45, 2.75) is 76.4 Å². The summed E-state index contributed by atoms with van der Waals surface area (Å²) >= 11 is 0. The van der Waals surface area contributed by atoms with E-state index in [9.17, 15) is 13.2 Å². The Bertz CT molecular complexity index is 1090. The maximum Gasteiger partial charge on any atom is 0.283 e. The molecule has 1 aromatic carbocycles. The van der Waals surface area contributed by atoms with E-state index in [2.05, 4.69) is 15.9 Å². The highest BCUT2D eigenvalue weighted by molar-refractivity contribution is 7.90. The zero-order valence-electron chi connectivity index (χ0n) is 18.9. The number of nitrogens with one attached hydrogen (secondary N) is 1. The highest BCUT2D eigenvalue weighted by Crippen LogP contribution is 2.35. The SMILES string of the molecule is CCn1nc(S(=O)(=O)NC(=O)Cc2c3c(cc4c2CCC4)CCC3)cc1C(C)N(C)C. The van der Waals surface area contributed by atoms with E-state index in [0.717, 1.165) is 49.8 Å². The molecule has 1 aromatic heterocycles. The number of sulfonamides is 1. The van der Waals surface area contributed by atoms with Gasteiger partial charge in [-0.15, -0.1) is 0 Å². The van der Waals surface area contributed by atoms with Crippen molar-refractivity contribution in [2.24, 2.45) is 0 Å². The molecule has 0 saturated heterocycles. The maximum atomic E-state index is 13.0. The Balaban J connectivity index is 1.58. The fraction of sp³-hybridized carbons (Fsp3) is 0.565. The van der Waals surface area contributed by atoms with Crippen LogP contribution in [0.3, 0.4) is 0 Å². The fourth-order valence-electron chi connectivity index (χ4n) is 4.94. The van der Waals surface area contributed by atoms with Crippen molar-refractivity contribution in [1.82, 2.24) is 19.4 Å². The van der Waals surface area contributed by atoms with Gasteiger partial charge in [-0.2, -0.15) is 13.5 Å². The predicted octanol–water partition coefficient (Wildman–Crippen LogP) is 2.55. The summed E-state index contributed by atoms with van der Waals surface area (Å²) < 4.78 is 29.9. The summed E-state index contributed by atoms with van der Waals surface area (Å²) in [7, 11) is -0.159. The van der Waals surface area contributed by atoms with E-state index in [1.165, 1.54) is 22.3 Å². The number of rotatable bonds is 7. The van der Waals surface area contributed by atoms with Crippen molar-refractivity contribution in [3.63, 3.8) is 0 Å². The van der Waals surface area contributed by atoms with Crippen molar-refractivity contribution >= 4 is 15.9 Å². The quantitative estimate of drug-likeness (QED) is 0.710. The monoisotopic (exact) mass is 444 g/mol. The second-order valence-corrected chi connectivity index (χ2v) is 10.5. The lowest BCUT2D eigenvalue weighted by atomic mass is 9.92. The van der Waals surface area contributed by atoms with Crippen LogP contribution in [0.1, 0.15) is 66.2 Å². The number of hydrogen-bond donors (Lipinski definition) is 1. The molecule has 1 atom stereocenters. The minimum Gasteiger partial charge on any atom is -0.301 e. The van der Waals surface area contributed by atoms with Crippen LogP contribution in [0.5, 0.6) is 0 Å². The van der Waals surface area contributed by atoms with Gasteiger partial charge in [0.05, 0.1) is 12.1 Å². The Morgan fingerprint density at radius 2 is 1.74 bits per heavy atom. The standard InChI is InChI=1S/C23H32N4O3S/c1-5-27-21(15(2)26(3)4)14-23(24-27)31(29,30)25-22(28)13-20-18-10-6-8-16(18)12-17-9-7-11-19(17)20/h12,14-15H,5-11,13H2,1-4H3,(H,25,28). The highest BCUT2D eigenvalue weighted by Gasteiger charge is 2.28. The Morgan fingerprint density at radius 3 is 2.29 bits per heavy atom. The van der Waals surface area contributed by atoms with E-state index in [1.807, 2.05) is 32.8 Å². The lowest BCUT2D eigenvalue weighted by Crippen LogP contribution is -2.32. The first kappa shape index (κ1) is 22.0. The summed E-state index contributed by atoms with van der Waals surface area (Å²) in [6.07, 6.45) is 6.38. The van der Waals surface area contributed by atoms with Gasteiger partial charge < -0.3 is 4.90 Å². The number of benzene rings is 1. The van der Waals surface area contributed by atoms with Crippen LogP contribution >= 0.6 is 0 Å². The molecule has 0 saturated carbocycles. The summed E-state index contributed by atoms with van der Waals surface area (Å²) in [4.78, 5) is 14.9. The zero-order valence-corrected chi connectivity index (χ0v) is 19.7. The van der Waals surface area contributed by atoms with Gasteiger partial charge in [0.1, 0.15) is 0 Å². The molecule has 8 heteroatoms. The third-order valence-corrected chi connectivity index (χ3v) is 8.00. The molecule has 0 radical (unpaired) electrons. The molecule has 4 rings (SSSR count). The molecule has 0 fully saturated rings. The second-order valence-electron chi connectivity index (χ2n) is 8.91. The molecule has 1 amide bonds. The van der Waals surface area contributed by atoms with E-state index in [1.54, 1.807) is 10.7 Å². The van der Waals surface area contributed by atoms with Crippen LogP contribution in [0, 0.1) is 0 Å². The van der Waals surface area contributed by atoms with Crippen LogP contribution < -0.4 is 4.72 Å². The number of carbonyl (C=O) groups is 1. The van der Waals surface area contributed by atoms with Crippen LogP contribution in [0.2, 0.25) is 0 Å². The van der Waals surface area contributed by atoms with Crippen LogP contribution in [-0.4, -0.2) is 43.1 Å². The third-order valence-electron chi connectivity index (χ3n) is 6.75. The number of aryl methyl sites for hydroxylation is 3. The van der Waals surface area contributed by atoms with Crippen molar-refractivity contribution in [3.05, 3.63) is 45.6 Å². The maximum absolute atomic E-state index is 13.0. The van der Waals surface area contributed by atoms with E-state index < -0.39 is 15.9 Å². The summed E-state index contributed by atoms with van der Waals surface area (Å²) in [5.74, 6) is -0.484. The number of aromatic nitrogens is 2. The van der Waals surface area contributed by atoms with E-state index in [4.69, 9.17) is 0 Å². The van der Waals surface area contributed by atoms with Gasteiger partial charge in [-0.3, -0.25) is 9.48 Å². The van der Waals surface area contributed by atoms with Gasteiger partial charge in [-0.25, -0.2) is 4.72 Å². The molecule has 31 heavy (non-hydrogen) atoms. The van der Waals surface area contributed by atoms with Crippen LogP contribution in [0.25, 0.3) is 0 Å².